The van der Waals surface area contributed by atoms with Crippen LogP contribution in [-0.4, -0.2) is 20.4 Å². The molecule has 108 valence electrons. The maximum Gasteiger partial charge on any atom is 0.0651 e. The van der Waals surface area contributed by atoms with Gasteiger partial charge in [0.15, 0.2) is 0 Å². The van der Waals surface area contributed by atoms with Gasteiger partial charge in [-0.15, -0.1) is 0 Å². The summed E-state index contributed by atoms with van der Waals surface area (Å²) < 4.78 is 1.24. The quantitative estimate of drug-likeness (QED) is 0.313. The highest BCUT2D eigenvalue weighted by Crippen LogP contribution is 2.14. The smallest absolute Gasteiger partial charge is 0.0651 e. The summed E-state index contributed by atoms with van der Waals surface area (Å²) in [5.74, 6) is 0. The van der Waals surface area contributed by atoms with Gasteiger partial charge in [-0.1, -0.05) is 7.43 Å². The number of aromatic amines is 2. The van der Waals surface area contributed by atoms with Gasteiger partial charge in [0.25, 0.3) is 0 Å². The van der Waals surface area contributed by atoms with Crippen molar-refractivity contribution in [1.29, 1.82) is 0 Å². The van der Waals surface area contributed by atoms with Crippen molar-refractivity contribution in [3.8, 4) is 0 Å². The maximum atomic E-state index is 5.54. The minimum atomic E-state index is 0. The molecule has 0 spiro atoms. The molecule has 21 heavy (non-hydrogen) atoms. The fourth-order valence-corrected chi connectivity index (χ4v) is 2.39. The molecule has 0 aliphatic rings. The number of H-pyrrole nitrogens is 2. The second-order valence-corrected chi connectivity index (χ2v) is 5.56. The van der Waals surface area contributed by atoms with E-state index in [0.717, 1.165) is 22.1 Å². The third kappa shape index (κ3) is 3.52. The molecule has 0 amide bonds. The average molecular weight is 393 g/mol. The molecule has 0 bridgehead atoms. The molecule has 4 rings (SSSR count). The highest BCUT2D eigenvalue weighted by molar-refractivity contribution is 14.1. The van der Waals surface area contributed by atoms with Gasteiger partial charge in [-0.2, -0.15) is 10.2 Å². The Hall–Kier alpha value is -2.09. The molecule has 0 fully saturated rings. The molecular weight excluding hydrogens is 377 g/mol. The first-order chi connectivity index (χ1) is 9.72. The van der Waals surface area contributed by atoms with Crippen LogP contribution in [0.3, 0.4) is 0 Å². The second kappa shape index (κ2) is 6.57. The maximum absolute atomic E-state index is 5.54. The number of benzene rings is 2. The fourth-order valence-electron chi connectivity index (χ4n) is 1.87. The van der Waals surface area contributed by atoms with E-state index < -0.39 is 0 Å². The molecule has 5 nitrogen and oxygen atoms in total. The van der Waals surface area contributed by atoms with E-state index in [1.54, 1.807) is 6.20 Å². The van der Waals surface area contributed by atoms with Crippen molar-refractivity contribution in [3.05, 3.63) is 52.4 Å². The lowest BCUT2D eigenvalue weighted by Crippen LogP contribution is -1.81. The van der Waals surface area contributed by atoms with Crippen LogP contribution >= 0.6 is 22.6 Å². The second-order valence-electron chi connectivity index (χ2n) is 4.32. The summed E-state index contributed by atoms with van der Waals surface area (Å²) in [5, 5.41) is 15.7. The van der Waals surface area contributed by atoms with Gasteiger partial charge in [0.1, 0.15) is 0 Å². The number of aromatic nitrogens is 4. The average Bonchev–Trinajstić information content (AvgIpc) is 3.06. The van der Waals surface area contributed by atoms with Crippen molar-refractivity contribution in [1.82, 2.24) is 20.4 Å². The Balaban J connectivity index is 0.000000147. The number of nitrogens with zero attached hydrogens (tertiary/aromatic N) is 2. The number of anilines is 1. The molecule has 0 aliphatic carbocycles. The van der Waals surface area contributed by atoms with E-state index in [0.29, 0.717) is 0 Å². The lowest BCUT2D eigenvalue weighted by molar-refractivity contribution is 1.12. The standard InChI is InChI=1S/C7H5IN2.C7H7N3.CH4/c2*8-6-1-2-7-5(3-6)4-9-10-7;/h1-4H,(H,9,10);1-4H,8H2,(H,9,10);1H4. The first kappa shape index (κ1) is 15.3. The van der Waals surface area contributed by atoms with Crippen molar-refractivity contribution in [2.24, 2.45) is 0 Å². The van der Waals surface area contributed by atoms with E-state index in [1.807, 2.05) is 30.5 Å². The fraction of sp³-hybridized carbons (Fsp3) is 0.0667. The van der Waals surface area contributed by atoms with Crippen LogP contribution in [0.2, 0.25) is 0 Å². The zero-order chi connectivity index (χ0) is 13.9. The lowest BCUT2D eigenvalue weighted by atomic mass is 10.2. The van der Waals surface area contributed by atoms with E-state index in [2.05, 4.69) is 55.1 Å². The van der Waals surface area contributed by atoms with E-state index in [9.17, 15) is 0 Å². The van der Waals surface area contributed by atoms with Crippen molar-refractivity contribution in [2.75, 3.05) is 5.73 Å². The Kier molecular flexibility index (Phi) is 4.79. The summed E-state index contributed by atoms with van der Waals surface area (Å²) >= 11 is 2.28. The van der Waals surface area contributed by atoms with Crippen LogP contribution in [-0.2, 0) is 0 Å². The summed E-state index contributed by atoms with van der Waals surface area (Å²) in [6.45, 7) is 0. The Morgan fingerprint density at radius 3 is 2.10 bits per heavy atom. The van der Waals surface area contributed by atoms with E-state index in [-0.39, 0.29) is 7.43 Å². The first-order valence-corrected chi connectivity index (χ1v) is 7.07. The molecule has 0 aliphatic heterocycles. The molecule has 4 aromatic rings. The molecule has 0 radical (unpaired) electrons. The summed E-state index contributed by atoms with van der Waals surface area (Å²) in [4.78, 5) is 0. The minimum Gasteiger partial charge on any atom is -0.399 e. The Labute approximate surface area is 136 Å². The number of nitrogens with two attached hydrogens (primary N) is 1. The Morgan fingerprint density at radius 1 is 0.857 bits per heavy atom. The number of rotatable bonds is 0. The summed E-state index contributed by atoms with van der Waals surface area (Å²) in [5.41, 5.74) is 8.43. The van der Waals surface area contributed by atoms with E-state index in [4.69, 9.17) is 5.73 Å². The van der Waals surface area contributed by atoms with Gasteiger partial charge in [0, 0.05) is 20.0 Å². The predicted molar refractivity (Wildman–Crippen MR) is 96.0 cm³/mol. The van der Waals surface area contributed by atoms with E-state index in [1.165, 1.54) is 8.96 Å². The van der Waals surface area contributed by atoms with Crippen LogP contribution in [0.5, 0.6) is 0 Å². The third-order valence-electron chi connectivity index (χ3n) is 2.87. The van der Waals surface area contributed by atoms with Gasteiger partial charge in [-0.05, 0) is 59.0 Å². The number of fused-ring (bicyclic) bond motifs is 2. The SMILES string of the molecule is C.Ic1ccc2[nH]ncc2c1.Nc1ccc2[nH]ncc2c1. The van der Waals surface area contributed by atoms with E-state index >= 15 is 0 Å². The molecule has 0 saturated heterocycles. The summed E-state index contributed by atoms with van der Waals surface area (Å²) in [6, 6.07) is 11.8. The number of hydrogen-bond acceptors (Lipinski definition) is 3. The number of nitrogen functional groups attached to an aromatic ring is 1. The third-order valence-corrected chi connectivity index (χ3v) is 3.54. The Bertz CT molecular complexity index is 777. The monoisotopic (exact) mass is 393 g/mol. The molecule has 2 heterocycles. The molecule has 0 unspecified atom stereocenters. The largest absolute Gasteiger partial charge is 0.399 e. The number of nitrogens with one attached hydrogen (secondary N) is 2. The van der Waals surface area contributed by atoms with Crippen molar-refractivity contribution >= 4 is 50.1 Å². The number of halogens is 1. The number of hydrogen-bond donors (Lipinski definition) is 3. The molecule has 2 aromatic carbocycles. The highest BCUT2D eigenvalue weighted by Gasteiger charge is 1.93. The van der Waals surface area contributed by atoms with Crippen molar-refractivity contribution < 1.29 is 0 Å². The summed E-state index contributed by atoms with van der Waals surface area (Å²) in [6.07, 6.45) is 3.59. The van der Waals surface area contributed by atoms with Crippen LogP contribution in [0.15, 0.2) is 48.8 Å². The van der Waals surface area contributed by atoms with Crippen LogP contribution in [0.4, 0.5) is 5.69 Å². The highest BCUT2D eigenvalue weighted by atomic mass is 127. The van der Waals surface area contributed by atoms with Crippen LogP contribution in [0.1, 0.15) is 7.43 Å². The molecule has 2 aromatic heterocycles. The Morgan fingerprint density at radius 2 is 1.43 bits per heavy atom. The van der Waals surface area contributed by atoms with Gasteiger partial charge >= 0.3 is 0 Å². The van der Waals surface area contributed by atoms with Gasteiger partial charge in [0.05, 0.1) is 23.4 Å². The van der Waals surface area contributed by atoms with Crippen molar-refractivity contribution in [3.63, 3.8) is 0 Å². The van der Waals surface area contributed by atoms with Crippen molar-refractivity contribution in [2.45, 2.75) is 7.43 Å². The molecule has 0 atom stereocenters. The van der Waals surface area contributed by atoms with Gasteiger partial charge in [0.2, 0.25) is 0 Å². The van der Waals surface area contributed by atoms with Gasteiger partial charge in [-0.3, -0.25) is 10.2 Å². The summed E-state index contributed by atoms with van der Waals surface area (Å²) in [7, 11) is 0. The van der Waals surface area contributed by atoms with Crippen LogP contribution in [0.25, 0.3) is 21.8 Å². The first-order valence-electron chi connectivity index (χ1n) is 5.99. The molecular formula is C15H16IN5. The van der Waals surface area contributed by atoms with Gasteiger partial charge < -0.3 is 5.73 Å². The molecule has 6 heteroatoms. The van der Waals surface area contributed by atoms with Crippen LogP contribution < -0.4 is 5.73 Å². The topological polar surface area (TPSA) is 83.4 Å². The molecule has 4 N–H and O–H groups in total. The minimum absolute atomic E-state index is 0. The lowest BCUT2D eigenvalue weighted by Gasteiger charge is -1.89. The molecule has 0 saturated carbocycles. The normalized spacial score (nSPS) is 9.95. The zero-order valence-electron chi connectivity index (χ0n) is 10.5. The predicted octanol–water partition coefficient (Wildman–Crippen LogP) is 3.95. The zero-order valence-corrected chi connectivity index (χ0v) is 12.6. The van der Waals surface area contributed by atoms with Gasteiger partial charge in [-0.25, -0.2) is 0 Å². The van der Waals surface area contributed by atoms with Crippen LogP contribution in [0, 0.1) is 3.57 Å².